The molecule has 13 aromatic rings. The van der Waals surface area contributed by atoms with Gasteiger partial charge >= 0.3 is 0 Å². The third-order valence-corrected chi connectivity index (χ3v) is 16.2. The molecule has 1 aliphatic rings. The number of benzene rings is 9. The standard InChI is InChI=1S/C60H37N3OS2/c1-60(2)47-19-6-3-12-38(47)39-30-28-37(33-48(39)60)35-26-24-34(25-27-35)36-29-31-49-46(32-36)54-43(16-10-20-50(54)64-49)57-61-58(44-17-11-23-53-55(44)42-14-5-8-22-52(42)65-53)63-59(62-57)45-18-9-15-41-40-13-4-7-21-51(40)66-56(41)45/h3-33H,1-2H3. The van der Waals surface area contributed by atoms with Crippen LogP contribution in [-0.2, 0) is 5.41 Å². The maximum Gasteiger partial charge on any atom is 0.165 e. The van der Waals surface area contributed by atoms with E-state index < -0.39 is 0 Å². The predicted molar refractivity (Wildman–Crippen MR) is 278 cm³/mol. The highest BCUT2D eigenvalue weighted by Gasteiger charge is 2.35. The van der Waals surface area contributed by atoms with Gasteiger partial charge in [0.05, 0.1) is 0 Å². The van der Waals surface area contributed by atoms with Crippen molar-refractivity contribution in [3.05, 3.63) is 199 Å². The van der Waals surface area contributed by atoms with Gasteiger partial charge in [0, 0.05) is 73.2 Å². The fourth-order valence-corrected chi connectivity index (χ4v) is 12.9. The fourth-order valence-electron chi connectivity index (χ4n) is 10.6. The van der Waals surface area contributed by atoms with E-state index in [1.165, 1.54) is 63.6 Å². The molecular formula is C60H37N3OS2. The fraction of sp³-hybridized carbons (Fsp3) is 0.0500. The first-order valence-electron chi connectivity index (χ1n) is 22.3. The zero-order chi connectivity index (χ0) is 43.7. The van der Waals surface area contributed by atoms with Crippen LogP contribution in [0.5, 0.6) is 0 Å². The second-order valence-corrected chi connectivity index (χ2v) is 20.0. The second kappa shape index (κ2) is 14.1. The van der Waals surface area contributed by atoms with Crippen LogP contribution < -0.4 is 0 Å². The highest BCUT2D eigenvalue weighted by molar-refractivity contribution is 7.26. The van der Waals surface area contributed by atoms with Crippen LogP contribution in [0, 0.1) is 0 Å². The third kappa shape index (κ3) is 5.59. The summed E-state index contributed by atoms with van der Waals surface area (Å²) in [6, 6.07) is 67.6. The molecule has 0 fully saturated rings. The molecule has 0 atom stereocenters. The molecule has 0 spiro atoms. The van der Waals surface area contributed by atoms with Gasteiger partial charge in [-0.1, -0.05) is 153 Å². The zero-order valence-electron chi connectivity index (χ0n) is 36.0. The SMILES string of the molecule is CC1(C)c2ccccc2-c2ccc(-c3ccc(-c4ccc5oc6cccc(-c7nc(-c8cccc9c8sc8ccccc89)nc(-c8cccc9sc%10ccccc%10c89)n7)c6c5c4)cc3)cc21. The van der Waals surface area contributed by atoms with Crippen molar-refractivity contribution in [2.45, 2.75) is 19.3 Å². The molecule has 0 saturated heterocycles. The number of aromatic nitrogens is 3. The van der Waals surface area contributed by atoms with E-state index in [2.05, 4.69) is 190 Å². The van der Waals surface area contributed by atoms with Crippen molar-refractivity contribution >= 4 is 85.0 Å². The second-order valence-electron chi connectivity index (χ2n) is 17.9. The Hall–Kier alpha value is -7.77. The van der Waals surface area contributed by atoms with E-state index in [4.69, 9.17) is 19.4 Å². The minimum Gasteiger partial charge on any atom is -0.456 e. The Morgan fingerprint density at radius 2 is 0.909 bits per heavy atom. The number of thiophene rings is 2. The molecule has 0 amide bonds. The number of furan rings is 1. The lowest BCUT2D eigenvalue weighted by Crippen LogP contribution is -2.14. The summed E-state index contributed by atoms with van der Waals surface area (Å²) in [4.78, 5) is 16.2. The Morgan fingerprint density at radius 1 is 0.364 bits per heavy atom. The average molecular weight is 880 g/mol. The van der Waals surface area contributed by atoms with E-state index in [9.17, 15) is 0 Å². The molecule has 0 N–H and O–H groups in total. The van der Waals surface area contributed by atoms with Crippen molar-refractivity contribution in [3.8, 4) is 67.5 Å². The van der Waals surface area contributed by atoms with E-state index in [-0.39, 0.29) is 5.41 Å². The number of hydrogen-bond donors (Lipinski definition) is 0. The third-order valence-electron chi connectivity index (χ3n) is 13.8. The van der Waals surface area contributed by atoms with Crippen molar-refractivity contribution in [3.63, 3.8) is 0 Å². The maximum absolute atomic E-state index is 6.61. The minimum absolute atomic E-state index is 0.0475. The summed E-state index contributed by atoms with van der Waals surface area (Å²) in [5.41, 5.74) is 14.6. The summed E-state index contributed by atoms with van der Waals surface area (Å²) in [6.07, 6.45) is 0. The maximum atomic E-state index is 6.61. The van der Waals surface area contributed by atoms with Crippen molar-refractivity contribution in [1.82, 2.24) is 15.0 Å². The lowest BCUT2D eigenvalue weighted by molar-refractivity contribution is 0.660. The van der Waals surface area contributed by atoms with Gasteiger partial charge in [0.1, 0.15) is 11.2 Å². The molecule has 4 nitrogen and oxygen atoms in total. The monoisotopic (exact) mass is 879 g/mol. The van der Waals surface area contributed by atoms with Crippen LogP contribution in [0.1, 0.15) is 25.0 Å². The molecule has 6 heteroatoms. The molecule has 9 aromatic carbocycles. The summed E-state index contributed by atoms with van der Waals surface area (Å²) >= 11 is 3.58. The number of hydrogen-bond acceptors (Lipinski definition) is 6. The molecule has 66 heavy (non-hydrogen) atoms. The van der Waals surface area contributed by atoms with Crippen LogP contribution in [-0.4, -0.2) is 15.0 Å². The molecule has 1 aliphatic carbocycles. The van der Waals surface area contributed by atoms with Crippen molar-refractivity contribution in [2.24, 2.45) is 0 Å². The van der Waals surface area contributed by atoms with Gasteiger partial charge in [-0.25, -0.2) is 15.0 Å². The first-order valence-corrected chi connectivity index (χ1v) is 24.0. The van der Waals surface area contributed by atoms with E-state index >= 15 is 0 Å². The molecular weight excluding hydrogens is 843 g/mol. The number of fused-ring (bicyclic) bond motifs is 12. The highest BCUT2D eigenvalue weighted by atomic mass is 32.1. The Morgan fingerprint density at radius 3 is 1.71 bits per heavy atom. The normalized spacial score (nSPS) is 13.1. The van der Waals surface area contributed by atoms with Crippen LogP contribution in [0.3, 0.4) is 0 Å². The van der Waals surface area contributed by atoms with Gasteiger partial charge in [0.25, 0.3) is 0 Å². The van der Waals surface area contributed by atoms with Crippen LogP contribution >= 0.6 is 22.7 Å². The lowest BCUT2D eigenvalue weighted by atomic mass is 9.81. The smallest absolute Gasteiger partial charge is 0.165 e. The van der Waals surface area contributed by atoms with Gasteiger partial charge < -0.3 is 4.42 Å². The van der Waals surface area contributed by atoms with E-state index in [1.807, 2.05) is 12.1 Å². The first kappa shape index (κ1) is 37.6. The molecule has 0 bridgehead atoms. The minimum atomic E-state index is -0.0475. The first-order chi connectivity index (χ1) is 32.4. The average Bonchev–Trinajstić information content (AvgIpc) is 4.11. The summed E-state index contributed by atoms with van der Waals surface area (Å²) in [5.74, 6) is 1.89. The van der Waals surface area contributed by atoms with E-state index in [0.29, 0.717) is 17.5 Å². The molecule has 310 valence electrons. The van der Waals surface area contributed by atoms with Crippen molar-refractivity contribution in [2.75, 3.05) is 0 Å². The quantitative estimate of drug-likeness (QED) is 0.173. The van der Waals surface area contributed by atoms with E-state index in [1.54, 1.807) is 22.7 Å². The van der Waals surface area contributed by atoms with Gasteiger partial charge in [-0.15, -0.1) is 22.7 Å². The number of nitrogens with zero attached hydrogens (tertiary/aromatic N) is 3. The summed E-state index contributed by atoms with van der Waals surface area (Å²) in [5, 5.41) is 6.80. The van der Waals surface area contributed by atoms with Crippen LogP contribution in [0.2, 0.25) is 0 Å². The van der Waals surface area contributed by atoms with Gasteiger partial charge in [0.15, 0.2) is 17.5 Å². The summed E-state index contributed by atoms with van der Waals surface area (Å²) in [6.45, 7) is 4.68. The Bertz CT molecular complexity index is 4150. The molecule has 14 rings (SSSR count). The van der Waals surface area contributed by atoms with Gasteiger partial charge in [0.2, 0.25) is 0 Å². The Kier molecular flexibility index (Phi) is 8.04. The Labute approximate surface area is 388 Å². The van der Waals surface area contributed by atoms with Crippen molar-refractivity contribution < 1.29 is 4.42 Å². The van der Waals surface area contributed by atoms with Gasteiger partial charge in [-0.2, -0.15) is 0 Å². The molecule has 0 aliphatic heterocycles. The number of rotatable bonds is 5. The molecule has 0 saturated carbocycles. The zero-order valence-corrected chi connectivity index (χ0v) is 37.6. The van der Waals surface area contributed by atoms with Crippen LogP contribution in [0.25, 0.3) is 130 Å². The van der Waals surface area contributed by atoms with Gasteiger partial charge in [-0.3, -0.25) is 0 Å². The lowest BCUT2D eigenvalue weighted by Gasteiger charge is -2.22. The topological polar surface area (TPSA) is 51.8 Å². The van der Waals surface area contributed by atoms with Gasteiger partial charge in [-0.05, 0) is 93.0 Å². The summed E-state index contributed by atoms with van der Waals surface area (Å²) < 4.78 is 11.4. The summed E-state index contributed by atoms with van der Waals surface area (Å²) in [7, 11) is 0. The largest absolute Gasteiger partial charge is 0.456 e. The molecule has 0 unspecified atom stereocenters. The highest BCUT2D eigenvalue weighted by Crippen LogP contribution is 2.50. The molecule has 4 heterocycles. The van der Waals surface area contributed by atoms with Crippen molar-refractivity contribution in [1.29, 1.82) is 0 Å². The van der Waals surface area contributed by atoms with Crippen LogP contribution in [0.15, 0.2) is 192 Å². The van der Waals surface area contributed by atoms with E-state index in [0.717, 1.165) is 59.8 Å². The molecule has 0 radical (unpaired) electrons. The molecule has 4 aromatic heterocycles. The predicted octanol–water partition coefficient (Wildman–Crippen LogP) is 17.1. The van der Waals surface area contributed by atoms with Crippen LogP contribution in [0.4, 0.5) is 0 Å². The Balaban J connectivity index is 0.920.